The standard InChI is InChI=1S/C12H18N4O3/c1-7-8(10(17)18)9(15(3)14-7)16-5-4-12(2,6-16)11(13)19/h4-6H2,1-3H3,(H2,13,19)(H,17,18). The number of amides is 1. The lowest BCUT2D eigenvalue weighted by Crippen LogP contribution is -2.37. The number of carboxylic acids is 1. The zero-order valence-corrected chi connectivity index (χ0v) is 11.3. The molecule has 3 N–H and O–H groups in total. The van der Waals surface area contributed by atoms with Crippen LogP contribution in [0, 0.1) is 12.3 Å². The maximum absolute atomic E-state index is 11.5. The molecule has 7 nitrogen and oxygen atoms in total. The average molecular weight is 266 g/mol. The molecular weight excluding hydrogens is 248 g/mol. The largest absolute Gasteiger partial charge is 0.477 e. The molecule has 104 valence electrons. The molecule has 0 aliphatic carbocycles. The summed E-state index contributed by atoms with van der Waals surface area (Å²) in [6, 6.07) is 0. The van der Waals surface area contributed by atoms with E-state index in [1.54, 1.807) is 25.6 Å². The fraction of sp³-hybridized carbons (Fsp3) is 0.583. The Balaban J connectivity index is 2.40. The lowest BCUT2D eigenvalue weighted by Gasteiger charge is -2.22. The van der Waals surface area contributed by atoms with E-state index in [2.05, 4.69) is 5.10 Å². The summed E-state index contributed by atoms with van der Waals surface area (Å²) in [5.74, 6) is -0.825. The molecule has 1 atom stereocenters. The topological polar surface area (TPSA) is 101 Å². The highest BCUT2D eigenvalue weighted by atomic mass is 16.4. The first-order valence-electron chi connectivity index (χ1n) is 6.08. The first-order chi connectivity index (χ1) is 8.76. The Morgan fingerprint density at radius 2 is 2.11 bits per heavy atom. The number of carbonyl (C=O) groups is 2. The number of anilines is 1. The fourth-order valence-corrected chi connectivity index (χ4v) is 2.60. The van der Waals surface area contributed by atoms with Crippen LogP contribution in [0.4, 0.5) is 5.82 Å². The van der Waals surface area contributed by atoms with Gasteiger partial charge in [-0.25, -0.2) is 4.79 Å². The highest BCUT2D eigenvalue weighted by molar-refractivity contribution is 5.95. The maximum atomic E-state index is 11.5. The van der Waals surface area contributed by atoms with Gasteiger partial charge in [0.1, 0.15) is 11.4 Å². The number of hydrogen-bond donors (Lipinski definition) is 2. The molecule has 1 fully saturated rings. The van der Waals surface area contributed by atoms with E-state index < -0.39 is 11.4 Å². The first kappa shape index (κ1) is 13.4. The van der Waals surface area contributed by atoms with Gasteiger partial charge in [0.15, 0.2) is 0 Å². The van der Waals surface area contributed by atoms with Gasteiger partial charge in [0, 0.05) is 20.1 Å². The monoisotopic (exact) mass is 266 g/mol. The highest BCUT2D eigenvalue weighted by Crippen LogP contribution is 2.35. The van der Waals surface area contributed by atoms with Crippen molar-refractivity contribution in [2.45, 2.75) is 20.3 Å². The van der Waals surface area contributed by atoms with Crippen LogP contribution >= 0.6 is 0 Å². The van der Waals surface area contributed by atoms with Gasteiger partial charge in [-0.15, -0.1) is 0 Å². The molecule has 0 bridgehead atoms. The average Bonchev–Trinajstić information content (AvgIpc) is 2.80. The van der Waals surface area contributed by atoms with Crippen LogP contribution in [0.15, 0.2) is 0 Å². The van der Waals surface area contributed by atoms with E-state index in [0.29, 0.717) is 31.0 Å². The third-order valence-corrected chi connectivity index (χ3v) is 3.77. The Morgan fingerprint density at radius 3 is 2.58 bits per heavy atom. The summed E-state index contributed by atoms with van der Waals surface area (Å²) >= 11 is 0. The summed E-state index contributed by atoms with van der Waals surface area (Å²) in [4.78, 5) is 24.7. The Bertz CT molecular complexity index is 551. The molecule has 2 rings (SSSR count). The van der Waals surface area contributed by atoms with Gasteiger partial charge in [-0.2, -0.15) is 5.10 Å². The molecule has 0 radical (unpaired) electrons. The second kappa shape index (κ2) is 4.25. The van der Waals surface area contributed by atoms with Crippen molar-refractivity contribution in [1.82, 2.24) is 9.78 Å². The minimum absolute atomic E-state index is 0.191. The molecule has 1 amide bonds. The van der Waals surface area contributed by atoms with E-state index in [1.165, 1.54) is 0 Å². The molecule has 0 aromatic carbocycles. The van der Waals surface area contributed by atoms with Gasteiger partial charge < -0.3 is 15.7 Å². The molecule has 1 aliphatic heterocycles. The molecule has 1 aromatic rings. The zero-order chi connectivity index (χ0) is 14.4. The molecule has 2 heterocycles. The predicted molar refractivity (Wildman–Crippen MR) is 69.0 cm³/mol. The number of rotatable bonds is 3. The van der Waals surface area contributed by atoms with Crippen LogP contribution in [-0.4, -0.2) is 39.9 Å². The third kappa shape index (κ3) is 2.05. The van der Waals surface area contributed by atoms with E-state index in [-0.39, 0.29) is 11.5 Å². The van der Waals surface area contributed by atoms with Gasteiger partial charge in [0.25, 0.3) is 0 Å². The summed E-state index contributed by atoms with van der Waals surface area (Å²) < 4.78 is 1.55. The second-order valence-electron chi connectivity index (χ2n) is 5.31. The van der Waals surface area contributed by atoms with Crippen molar-refractivity contribution in [2.24, 2.45) is 18.2 Å². The molecule has 1 aliphatic rings. The molecule has 0 saturated carbocycles. The number of carbonyl (C=O) groups excluding carboxylic acids is 1. The SMILES string of the molecule is Cc1nn(C)c(N2CCC(C)(C(N)=O)C2)c1C(=O)O. The van der Waals surface area contributed by atoms with Crippen LogP contribution in [0.1, 0.15) is 29.4 Å². The van der Waals surface area contributed by atoms with Crippen LogP contribution in [0.2, 0.25) is 0 Å². The first-order valence-corrected chi connectivity index (χ1v) is 6.08. The minimum Gasteiger partial charge on any atom is -0.477 e. The van der Waals surface area contributed by atoms with E-state index in [4.69, 9.17) is 5.73 Å². The van der Waals surface area contributed by atoms with Gasteiger partial charge in [0.2, 0.25) is 5.91 Å². The molecule has 19 heavy (non-hydrogen) atoms. The molecule has 1 unspecified atom stereocenters. The number of aromatic nitrogens is 2. The van der Waals surface area contributed by atoms with Crippen molar-refractivity contribution in [3.05, 3.63) is 11.3 Å². The number of aryl methyl sites for hydroxylation is 2. The van der Waals surface area contributed by atoms with Crippen LogP contribution < -0.4 is 10.6 Å². The van der Waals surface area contributed by atoms with Crippen LogP contribution in [0.25, 0.3) is 0 Å². The lowest BCUT2D eigenvalue weighted by molar-refractivity contribution is -0.125. The minimum atomic E-state index is -1.01. The summed E-state index contributed by atoms with van der Waals surface area (Å²) in [5.41, 5.74) is 5.45. The van der Waals surface area contributed by atoms with Crippen molar-refractivity contribution < 1.29 is 14.7 Å². The molecule has 1 aromatic heterocycles. The molecular formula is C12H18N4O3. The van der Waals surface area contributed by atoms with Crippen molar-refractivity contribution in [2.75, 3.05) is 18.0 Å². The highest BCUT2D eigenvalue weighted by Gasteiger charge is 2.41. The van der Waals surface area contributed by atoms with Crippen LogP contribution in [0.5, 0.6) is 0 Å². The van der Waals surface area contributed by atoms with Crippen molar-refractivity contribution in [1.29, 1.82) is 0 Å². The van der Waals surface area contributed by atoms with E-state index >= 15 is 0 Å². The predicted octanol–water partition coefficient (Wildman–Crippen LogP) is 0.128. The maximum Gasteiger partial charge on any atom is 0.341 e. The van der Waals surface area contributed by atoms with E-state index in [0.717, 1.165) is 0 Å². The number of nitrogens with two attached hydrogens (primary N) is 1. The summed E-state index contributed by atoms with van der Waals surface area (Å²) in [7, 11) is 1.70. The van der Waals surface area contributed by atoms with Crippen molar-refractivity contribution in [3.63, 3.8) is 0 Å². The molecule has 1 saturated heterocycles. The molecule has 0 spiro atoms. The zero-order valence-electron chi connectivity index (χ0n) is 11.3. The number of aromatic carboxylic acids is 1. The van der Waals surface area contributed by atoms with Crippen molar-refractivity contribution >= 4 is 17.7 Å². The Morgan fingerprint density at radius 1 is 1.47 bits per heavy atom. The van der Waals surface area contributed by atoms with E-state index in [1.807, 2.05) is 4.90 Å². The Kier molecular flexibility index (Phi) is 3.00. The van der Waals surface area contributed by atoms with Gasteiger partial charge >= 0.3 is 5.97 Å². The smallest absolute Gasteiger partial charge is 0.341 e. The summed E-state index contributed by atoms with van der Waals surface area (Å²) in [6.07, 6.45) is 0.617. The van der Waals surface area contributed by atoms with Crippen molar-refractivity contribution in [3.8, 4) is 0 Å². The second-order valence-corrected chi connectivity index (χ2v) is 5.31. The van der Waals surface area contributed by atoms with Gasteiger partial charge in [0.05, 0.1) is 11.1 Å². The van der Waals surface area contributed by atoms with Crippen LogP contribution in [0.3, 0.4) is 0 Å². The van der Waals surface area contributed by atoms with Gasteiger partial charge in [-0.05, 0) is 20.3 Å². The number of nitrogens with zero attached hydrogens (tertiary/aromatic N) is 3. The number of primary amides is 1. The Labute approximate surface area is 111 Å². The molecule has 7 heteroatoms. The number of hydrogen-bond acceptors (Lipinski definition) is 4. The third-order valence-electron chi connectivity index (χ3n) is 3.77. The van der Waals surface area contributed by atoms with Crippen LogP contribution in [-0.2, 0) is 11.8 Å². The van der Waals surface area contributed by atoms with Gasteiger partial charge in [-0.3, -0.25) is 9.48 Å². The quantitative estimate of drug-likeness (QED) is 0.809. The fourth-order valence-electron chi connectivity index (χ4n) is 2.60. The Hall–Kier alpha value is -2.05. The lowest BCUT2D eigenvalue weighted by atomic mass is 9.89. The summed E-state index contributed by atoms with van der Waals surface area (Å²) in [6.45, 7) is 4.48. The van der Waals surface area contributed by atoms with E-state index in [9.17, 15) is 14.7 Å². The van der Waals surface area contributed by atoms with Gasteiger partial charge in [-0.1, -0.05) is 0 Å². The summed E-state index contributed by atoms with van der Waals surface area (Å²) in [5, 5.41) is 13.4. The normalized spacial score (nSPS) is 22.8. The number of carboxylic acid groups (broad SMARTS) is 1.